The highest BCUT2D eigenvalue weighted by atomic mass is 35.5. The Morgan fingerprint density at radius 3 is 2.65 bits per heavy atom. The van der Waals surface area contributed by atoms with E-state index < -0.39 is 0 Å². The zero-order valence-corrected chi connectivity index (χ0v) is 21.8. The lowest BCUT2D eigenvalue weighted by atomic mass is 10.0. The summed E-state index contributed by atoms with van der Waals surface area (Å²) in [6, 6.07) is 12.8. The smallest absolute Gasteiger partial charge is 0.264 e. The van der Waals surface area contributed by atoms with Crippen molar-refractivity contribution >= 4 is 46.1 Å². The van der Waals surface area contributed by atoms with E-state index in [1.807, 2.05) is 34.5 Å². The molecule has 0 aliphatic carbocycles. The Kier molecular flexibility index (Phi) is 8.29. The van der Waals surface area contributed by atoms with Gasteiger partial charge in [-0.1, -0.05) is 31.5 Å². The van der Waals surface area contributed by atoms with E-state index in [4.69, 9.17) is 16.3 Å². The lowest BCUT2D eigenvalue weighted by molar-refractivity contribution is -0.135. The number of thiophene rings is 2. The van der Waals surface area contributed by atoms with E-state index in [1.165, 1.54) is 16.2 Å². The first-order valence-corrected chi connectivity index (χ1v) is 13.6. The van der Waals surface area contributed by atoms with Gasteiger partial charge in [0, 0.05) is 23.0 Å². The minimum atomic E-state index is -0.193. The van der Waals surface area contributed by atoms with E-state index in [0.717, 1.165) is 18.4 Å². The van der Waals surface area contributed by atoms with Crippen LogP contribution in [0.5, 0.6) is 5.75 Å². The Hall–Kier alpha value is -2.35. The van der Waals surface area contributed by atoms with Gasteiger partial charge in [-0.15, -0.1) is 22.7 Å². The topological polar surface area (TPSA) is 49.9 Å². The Morgan fingerprint density at radius 1 is 1.15 bits per heavy atom. The van der Waals surface area contributed by atoms with E-state index in [2.05, 4.69) is 25.3 Å². The van der Waals surface area contributed by atoms with E-state index in [1.54, 1.807) is 28.4 Å². The Morgan fingerprint density at radius 2 is 1.94 bits per heavy atom. The molecule has 2 amide bonds. The molecule has 0 unspecified atom stereocenters. The number of hydrogen-bond acceptors (Lipinski definition) is 5. The van der Waals surface area contributed by atoms with Crippen molar-refractivity contribution in [1.82, 2.24) is 9.80 Å². The molecule has 2 aromatic heterocycles. The third kappa shape index (κ3) is 6.01. The van der Waals surface area contributed by atoms with Crippen molar-refractivity contribution in [3.05, 3.63) is 73.6 Å². The van der Waals surface area contributed by atoms with Gasteiger partial charge in [0.15, 0.2) is 0 Å². The highest BCUT2D eigenvalue weighted by Crippen LogP contribution is 2.34. The molecule has 3 aromatic rings. The van der Waals surface area contributed by atoms with E-state index in [-0.39, 0.29) is 24.4 Å². The quantitative estimate of drug-likeness (QED) is 0.342. The molecule has 0 spiro atoms. The lowest BCUT2D eigenvalue weighted by Crippen LogP contribution is -2.48. The molecule has 1 atom stereocenters. The number of nitrogens with zero attached hydrogens (tertiary/aromatic N) is 2. The molecule has 8 heteroatoms. The summed E-state index contributed by atoms with van der Waals surface area (Å²) in [4.78, 5) is 32.3. The van der Waals surface area contributed by atoms with Crippen LogP contribution in [0.4, 0.5) is 0 Å². The number of ether oxygens (including phenoxy) is 1. The van der Waals surface area contributed by atoms with Crippen LogP contribution in [-0.4, -0.2) is 47.9 Å². The normalized spacial score (nSPS) is 15.3. The summed E-state index contributed by atoms with van der Waals surface area (Å²) in [5, 5.41) is 4.62. The van der Waals surface area contributed by atoms with Crippen molar-refractivity contribution in [2.45, 2.75) is 32.7 Å². The van der Waals surface area contributed by atoms with Crippen LogP contribution >= 0.6 is 34.3 Å². The molecule has 4 rings (SSSR count). The molecule has 1 aliphatic heterocycles. The first-order chi connectivity index (χ1) is 16.4. The number of benzene rings is 1. The number of carbonyl (C=O) groups is 2. The molecule has 1 aliphatic rings. The minimum absolute atomic E-state index is 0.0461. The molecule has 0 fully saturated rings. The predicted molar refractivity (Wildman–Crippen MR) is 139 cm³/mol. The maximum atomic E-state index is 13.6. The monoisotopic (exact) mass is 516 g/mol. The first kappa shape index (κ1) is 24.8. The van der Waals surface area contributed by atoms with Crippen molar-refractivity contribution < 1.29 is 14.3 Å². The fourth-order valence-corrected chi connectivity index (χ4v) is 5.80. The van der Waals surface area contributed by atoms with Gasteiger partial charge in [0.25, 0.3) is 5.91 Å². The second-order valence-electron chi connectivity index (χ2n) is 8.80. The number of carbonyl (C=O) groups excluding carboxylic acids is 2. The number of amides is 2. The lowest BCUT2D eigenvalue weighted by Gasteiger charge is -2.37. The van der Waals surface area contributed by atoms with Crippen LogP contribution in [0, 0.1) is 5.92 Å². The van der Waals surface area contributed by atoms with Gasteiger partial charge in [-0.2, -0.15) is 0 Å². The molecule has 5 nitrogen and oxygen atoms in total. The molecular weight excluding hydrogens is 488 g/mol. The van der Waals surface area contributed by atoms with Gasteiger partial charge in [0.2, 0.25) is 5.91 Å². The third-order valence-corrected chi connectivity index (χ3v) is 8.06. The maximum absolute atomic E-state index is 13.6. The molecule has 0 bridgehead atoms. The molecule has 180 valence electrons. The number of rotatable bonds is 9. The fraction of sp³-hybridized carbons (Fsp3) is 0.385. The van der Waals surface area contributed by atoms with Gasteiger partial charge in [-0.05, 0) is 71.5 Å². The second-order valence-corrected chi connectivity index (χ2v) is 11.2. The molecule has 34 heavy (non-hydrogen) atoms. The number of fused-ring (bicyclic) bond motifs is 1. The zero-order valence-electron chi connectivity index (χ0n) is 19.4. The Bertz CT molecular complexity index is 1100. The third-order valence-electron chi connectivity index (χ3n) is 5.96. The molecule has 3 heterocycles. The van der Waals surface area contributed by atoms with Gasteiger partial charge in [-0.3, -0.25) is 9.59 Å². The van der Waals surface area contributed by atoms with Crippen LogP contribution in [0.25, 0.3) is 0 Å². The van der Waals surface area contributed by atoms with Crippen LogP contribution in [0.15, 0.2) is 53.2 Å². The van der Waals surface area contributed by atoms with Crippen LogP contribution in [-0.2, 0) is 11.2 Å². The standard InChI is InChI=1S/C26H29ClN2O3S2/c1-18(2)9-12-28(26(31)24-4-3-14-33-24)16-25(30)29-13-10-23-21(11-15-34-23)22(29)17-32-20-7-5-19(27)6-8-20/h3-8,11,14-15,18,22H,9-10,12-13,16-17H2,1-2H3/t22-/m1/s1. The largest absolute Gasteiger partial charge is 0.491 e. The SMILES string of the molecule is CC(C)CCN(CC(=O)N1CCc2sccc2[C@H]1COc1ccc(Cl)cc1)C(=O)c1cccs1. The average molecular weight is 517 g/mol. The second kappa shape index (κ2) is 11.4. The van der Waals surface area contributed by atoms with Gasteiger partial charge in [-0.25, -0.2) is 0 Å². The van der Waals surface area contributed by atoms with Crippen LogP contribution in [0.3, 0.4) is 0 Å². The molecular formula is C26H29ClN2O3S2. The van der Waals surface area contributed by atoms with Crippen LogP contribution < -0.4 is 4.74 Å². The van der Waals surface area contributed by atoms with Gasteiger partial charge >= 0.3 is 0 Å². The van der Waals surface area contributed by atoms with Gasteiger partial charge in [0.1, 0.15) is 18.9 Å². The van der Waals surface area contributed by atoms with Crippen molar-refractivity contribution in [2.24, 2.45) is 5.92 Å². The van der Waals surface area contributed by atoms with Gasteiger partial charge in [0.05, 0.1) is 10.9 Å². The highest BCUT2D eigenvalue weighted by molar-refractivity contribution is 7.12. The predicted octanol–water partition coefficient (Wildman–Crippen LogP) is 6.16. The summed E-state index contributed by atoms with van der Waals surface area (Å²) in [6.07, 6.45) is 1.67. The summed E-state index contributed by atoms with van der Waals surface area (Å²) >= 11 is 9.13. The summed E-state index contributed by atoms with van der Waals surface area (Å²) in [5.41, 5.74) is 1.14. The number of hydrogen-bond donors (Lipinski definition) is 0. The zero-order chi connectivity index (χ0) is 24.1. The van der Waals surface area contributed by atoms with Crippen molar-refractivity contribution in [1.29, 1.82) is 0 Å². The number of halogens is 1. The first-order valence-electron chi connectivity index (χ1n) is 11.5. The van der Waals surface area contributed by atoms with Crippen molar-refractivity contribution in [2.75, 3.05) is 26.2 Å². The summed E-state index contributed by atoms with van der Waals surface area (Å²) in [6.45, 7) is 5.85. The van der Waals surface area contributed by atoms with Crippen molar-refractivity contribution in [3.8, 4) is 5.75 Å². The molecule has 1 aromatic carbocycles. The molecule has 0 N–H and O–H groups in total. The fourth-order valence-electron chi connectivity index (χ4n) is 4.06. The summed E-state index contributed by atoms with van der Waals surface area (Å²) < 4.78 is 6.07. The molecule has 0 saturated heterocycles. The molecule has 0 saturated carbocycles. The van der Waals surface area contributed by atoms with Crippen LogP contribution in [0.2, 0.25) is 5.02 Å². The highest BCUT2D eigenvalue weighted by Gasteiger charge is 2.33. The van der Waals surface area contributed by atoms with Gasteiger partial charge < -0.3 is 14.5 Å². The summed E-state index contributed by atoms with van der Waals surface area (Å²) in [7, 11) is 0. The average Bonchev–Trinajstić information content (AvgIpc) is 3.53. The van der Waals surface area contributed by atoms with E-state index >= 15 is 0 Å². The van der Waals surface area contributed by atoms with E-state index in [0.29, 0.717) is 41.3 Å². The summed E-state index contributed by atoms with van der Waals surface area (Å²) in [5.74, 6) is 1.03. The maximum Gasteiger partial charge on any atom is 0.264 e. The van der Waals surface area contributed by atoms with E-state index in [9.17, 15) is 9.59 Å². The molecule has 0 radical (unpaired) electrons. The Balaban J connectivity index is 1.51. The minimum Gasteiger partial charge on any atom is -0.491 e. The van der Waals surface area contributed by atoms with Crippen LogP contribution in [0.1, 0.15) is 46.4 Å². The van der Waals surface area contributed by atoms with Crippen molar-refractivity contribution in [3.63, 3.8) is 0 Å². The Labute approximate surface area is 213 Å².